The number of hydrogen-bond acceptors (Lipinski definition) is 4. The second kappa shape index (κ2) is 6.90. The fourth-order valence-electron chi connectivity index (χ4n) is 2.56. The second-order valence-electron chi connectivity index (χ2n) is 8.49. The normalized spacial score (nSPS) is 12.5. The van der Waals surface area contributed by atoms with Gasteiger partial charge in [-0.3, -0.25) is 15.1 Å². The molecule has 0 saturated heterocycles. The number of aromatic hydroxyl groups is 1. The van der Waals surface area contributed by atoms with Crippen LogP contribution in [0.5, 0.6) is 5.75 Å². The zero-order valence-electron chi connectivity index (χ0n) is 16.2. The summed E-state index contributed by atoms with van der Waals surface area (Å²) in [6, 6.07) is 10.0. The Morgan fingerprint density at radius 3 is 2.04 bits per heavy atom. The lowest BCUT2D eigenvalue weighted by molar-refractivity contribution is -0.384. The molecule has 0 radical (unpaired) electrons. The van der Waals surface area contributed by atoms with Gasteiger partial charge in [-0.05, 0) is 34.6 Å². The Bertz CT molecular complexity index is 839. The van der Waals surface area contributed by atoms with Crippen LogP contribution in [-0.4, -0.2) is 16.2 Å². The third kappa shape index (κ3) is 4.48. The van der Waals surface area contributed by atoms with Gasteiger partial charge in [-0.15, -0.1) is 0 Å². The van der Waals surface area contributed by atoms with Crippen LogP contribution in [0, 0.1) is 10.1 Å². The van der Waals surface area contributed by atoms with E-state index in [0.717, 1.165) is 11.1 Å². The Morgan fingerprint density at radius 2 is 1.58 bits per heavy atom. The fourth-order valence-corrected chi connectivity index (χ4v) is 2.56. The van der Waals surface area contributed by atoms with Crippen molar-refractivity contribution >= 4 is 17.6 Å². The molecular weight excluding hydrogens is 328 g/mol. The van der Waals surface area contributed by atoms with Crippen LogP contribution in [0.25, 0.3) is 0 Å². The highest BCUT2D eigenvalue weighted by atomic mass is 16.6. The predicted octanol–water partition coefficient (Wildman–Crippen LogP) is 5.65. The van der Waals surface area contributed by atoms with Crippen LogP contribution in [-0.2, 0) is 10.8 Å². The average molecular weight is 354 g/mol. The van der Waals surface area contributed by atoms with E-state index in [1.807, 2.05) is 6.07 Å². The first-order valence-corrected chi connectivity index (χ1v) is 8.56. The topological polar surface area (TPSA) is 75.7 Å². The molecule has 0 fully saturated rings. The number of aliphatic imine (C=N–C) groups is 1. The molecule has 0 aliphatic rings. The molecule has 0 saturated carbocycles. The van der Waals surface area contributed by atoms with Crippen molar-refractivity contribution < 1.29 is 10.0 Å². The minimum atomic E-state index is -0.443. The van der Waals surface area contributed by atoms with Gasteiger partial charge in [0.05, 0.1) is 10.6 Å². The Morgan fingerprint density at radius 1 is 1.00 bits per heavy atom. The Kier molecular flexibility index (Phi) is 5.21. The lowest BCUT2D eigenvalue weighted by Gasteiger charge is -2.26. The minimum absolute atomic E-state index is 0.0246. The molecule has 0 heterocycles. The summed E-state index contributed by atoms with van der Waals surface area (Å²) in [5.41, 5.74) is 2.97. The molecule has 0 amide bonds. The standard InChI is InChI=1S/C21H26N2O3/c1-20(2,3)15-11-14(19(24)18(12-15)21(4,5)6)13-22-16-7-9-17(10-8-16)23(25)26/h7-13,24H,1-6H3. The molecule has 26 heavy (non-hydrogen) atoms. The van der Waals surface area contributed by atoms with Crippen LogP contribution in [0.1, 0.15) is 58.2 Å². The van der Waals surface area contributed by atoms with E-state index in [4.69, 9.17) is 0 Å². The molecule has 2 aromatic rings. The number of phenols is 1. The molecule has 0 aliphatic heterocycles. The molecule has 0 aliphatic carbocycles. The van der Waals surface area contributed by atoms with Crippen molar-refractivity contribution in [2.24, 2.45) is 4.99 Å². The van der Waals surface area contributed by atoms with E-state index in [2.05, 4.69) is 52.6 Å². The zero-order chi connectivity index (χ0) is 19.7. The molecule has 0 aromatic heterocycles. The Balaban J connectivity index is 2.49. The van der Waals surface area contributed by atoms with E-state index < -0.39 is 4.92 Å². The van der Waals surface area contributed by atoms with Crippen molar-refractivity contribution in [3.05, 3.63) is 63.2 Å². The third-order valence-corrected chi connectivity index (χ3v) is 4.23. The zero-order valence-corrected chi connectivity index (χ0v) is 16.2. The molecule has 0 atom stereocenters. The lowest BCUT2D eigenvalue weighted by Crippen LogP contribution is -2.17. The maximum absolute atomic E-state index is 10.7. The van der Waals surface area contributed by atoms with Gasteiger partial charge in [0.25, 0.3) is 5.69 Å². The number of rotatable bonds is 3. The lowest BCUT2D eigenvalue weighted by atomic mass is 9.79. The first kappa shape index (κ1) is 19.6. The van der Waals surface area contributed by atoms with Gasteiger partial charge in [0.15, 0.2) is 0 Å². The summed E-state index contributed by atoms with van der Waals surface area (Å²) in [5.74, 6) is 0.219. The van der Waals surface area contributed by atoms with Crippen LogP contribution < -0.4 is 0 Å². The van der Waals surface area contributed by atoms with Crippen molar-refractivity contribution in [1.82, 2.24) is 0 Å². The van der Waals surface area contributed by atoms with E-state index >= 15 is 0 Å². The van der Waals surface area contributed by atoms with Crippen LogP contribution in [0.15, 0.2) is 41.4 Å². The van der Waals surface area contributed by atoms with Gasteiger partial charge in [-0.25, -0.2) is 0 Å². The number of benzene rings is 2. The van der Waals surface area contributed by atoms with E-state index in [1.54, 1.807) is 18.3 Å². The van der Waals surface area contributed by atoms with Gasteiger partial charge in [0, 0.05) is 29.5 Å². The molecule has 0 spiro atoms. The van der Waals surface area contributed by atoms with Crippen LogP contribution in [0.2, 0.25) is 0 Å². The molecule has 138 valence electrons. The highest BCUT2D eigenvalue weighted by Crippen LogP contribution is 2.37. The van der Waals surface area contributed by atoms with E-state index in [-0.39, 0.29) is 22.3 Å². The first-order chi connectivity index (χ1) is 11.9. The molecule has 2 aromatic carbocycles. The SMILES string of the molecule is CC(C)(C)c1cc(C=Nc2ccc([N+](=O)[O-])cc2)c(O)c(C(C)(C)C)c1. The smallest absolute Gasteiger partial charge is 0.269 e. The van der Waals surface area contributed by atoms with Crippen molar-refractivity contribution in [3.63, 3.8) is 0 Å². The number of nitrogens with zero attached hydrogens (tertiary/aromatic N) is 2. The Hall–Kier alpha value is -2.69. The number of phenolic OH excluding ortho intramolecular Hbond substituents is 1. The fraction of sp³-hybridized carbons (Fsp3) is 0.381. The maximum Gasteiger partial charge on any atom is 0.269 e. The van der Waals surface area contributed by atoms with Gasteiger partial charge in [-0.1, -0.05) is 47.6 Å². The van der Waals surface area contributed by atoms with Crippen LogP contribution in [0.4, 0.5) is 11.4 Å². The number of nitro benzene ring substituents is 1. The summed E-state index contributed by atoms with van der Waals surface area (Å²) >= 11 is 0. The van der Waals surface area contributed by atoms with E-state index in [9.17, 15) is 15.2 Å². The molecule has 0 bridgehead atoms. The first-order valence-electron chi connectivity index (χ1n) is 8.56. The summed E-state index contributed by atoms with van der Waals surface area (Å²) in [5, 5.41) is 21.5. The summed E-state index contributed by atoms with van der Waals surface area (Å²) in [7, 11) is 0. The van der Waals surface area contributed by atoms with Crippen molar-refractivity contribution in [2.75, 3.05) is 0 Å². The average Bonchev–Trinajstić information content (AvgIpc) is 2.52. The molecule has 0 unspecified atom stereocenters. The number of nitro groups is 1. The van der Waals surface area contributed by atoms with E-state index in [1.165, 1.54) is 12.1 Å². The molecule has 5 nitrogen and oxygen atoms in total. The minimum Gasteiger partial charge on any atom is -0.507 e. The van der Waals surface area contributed by atoms with Gasteiger partial charge >= 0.3 is 0 Å². The van der Waals surface area contributed by atoms with Gasteiger partial charge < -0.3 is 5.11 Å². The largest absolute Gasteiger partial charge is 0.507 e. The Labute approximate surface area is 154 Å². The van der Waals surface area contributed by atoms with E-state index in [0.29, 0.717) is 11.3 Å². The van der Waals surface area contributed by atoms with Gasteiger partial charge in [0.2, 0.25) is 0 Å². The molecule has 5 heteroatoms. The van der Waals surface area contributed by atoms with Crippen molar-refractivity contribution in [1.29, 1.82) is 0 Å². The van der Waals surface area contributed by atoms with Crippen molar-refractivity contribution in [3.8, 4) is 5.75 Å². The monoisotopic (exact) mass is 354 g/mol. The summed E-state index contributed by atoms with van der Waals surface area (Å²) in [6.07, 6.45) is 1.61. The van der Waals surface area contributed by atoms with Gasteiger partial charge in [-0.2, -0.15) is 0 Å². The van der Waals surface area contributed by atoms with Crippen LogP contribution in [0.3, 0.4) is 0 Å². The summed E-state index contributed by atoms with van der Waals surface area (Å²) in [6.45, 7) is 12.6. The summed E-state index contributed by atoms with van der Waals surface area (Å²) < 4.78 is 0. The molecular formula is C21H26N2O3. The highest BCUT2D eigenvalue weighted by molar-refractivity contribution is 5.86. The number of hydrogen-bond donors (Lipinski definition) is 1. The maximum atomic E-state index is 10.7. The van der Waals surface area contributed by atoms with Crippen molar-refractivity contribution in [2.45, 2.75) is 52.4 Å². The summed E-state index contributed by atoms with van der Waals surface area (Å²) in [4.78, 5) is 14.7. The quantitative estimate of drug-likeness (QED) is 0.440. The molecule has 2 rings (SSSR count). The predicted molar refractivity (Wildman–Crippen MR) is 106 cm³/mol. The number of non-ortho nitro benzene ring substituents is 1. The van der Waals surface area contributed by atoms with Crippen LogP contribution >= 0.6 is 0 Å². The van der Waals surface area contributed by atoms with Gasteiger partial charge in [0.1, 0.15) is 5.75 Å². The highest BCUT2D eigenvalue weighted by Gasteiger charge is 2.24. The second-order valence-corrected chi connectivity index (χ2v) is 8.49. The third-order valence-electron chi connectivity index (χ3n) is 4.23. The molecule has 1 N–H and O–H groups in total.